The fraction of sp³-hybridized carbons (Fsp3) is 0.917. The van der Waals surface area contributed by atoms with Crippen LogP contribution < -0.4 is 0 Å². The number of hydrogen-bond acceptors (Lipinski definition) is 20. The molecule has 0 aromatic heterocycles. The number of aliphatic hydroxyl groups is 12. The molecule has 0 aromatic carbocycles. The van der Waals surface area contributed by atoms with Crippen LogP contribution in [-0.2, 0) is 38.0 Å². The SMILES string of the molecule is C=C(CO)[C@@H]1CC[C@]2(C(=O)O[C@@H]3O[C@H](CO[C@@H]4O[C@H](CO)[C@@H](O[C@@H]5O[C@@H](C)[C@H](O)[C@@H](O)[C@H]5O)[C@H](O)[C@H]4O)[C@@H](O)[C@H](O)[C@H]3O)CC[C@]3(C)[C@H](C[C@@H](O)[C@@H]4[C@@]5(C)CC[C@@H](O)[C@@](C)(C=O)[C@@H]5CC[C@]43C)[C@@H]12. The molecule has 8 aliphatic rings. The lowest BCUT2D eigenvalue weighted by Gasteiger charge is -2.73. The van der Waals surface area contributed by atoms with E-state index in [2.05, 4.69) is 27.4 Å². The Morgan fingerprint density at radius 2 is 1.35 bits per heavy atom. The van der Waals surface area contributed by atoms with E-state index >= 15 is 0 Å². The van der Waals surface area contributed by atoms with Gasteiger partial charge in [0.2, 0.25) is 6.29 Å². The van der Waals surface area contributed by atoms with Gasteiger partial charge in [-0.05, 0) is 116 Å². The molecule has 0 unspecified atom stereocenters. The minimum Gasteiger partial charge on any atom is -0.432 e. The Kier molecular flexibility index (Phi) is 14.6. The first-order chi connectivity index (χ1) is 31.9. The normalized spacial score (nSPS) is 55.8. The molecule has 3 aliphatic heterocycles. The van der Waals surface area contributed by atoms with E-state index in [1.165, 1.54) is 6.92 Å². The molecule has 27 atom stereocenters. The van der Waals surface area contributed by atoms with Crippen LogP contribution in [0.3, 0.4) is 0 Å². The average Bonchev–Trinajstić information content (AvgIpc) is 3.72. The summed E-state index contributed by atoms with van der Waals surface area (Å²) in [5.74, 6) is -2.15. The quantitative estimate of drug-likeness (QED) is 0.0614. The summed E-state index contributed by atoms with van der Waals surface area (Å²) in [7, 11) is 0. The largest absolute Gasteiger partial charge is 0.432 e. The summed E-state index contributed by atoms with van der Waals surface area (Å²) in [6.07, 6.45) is -21.1. The van der Waals surface area contributed by atoms with Crippen molar-refractivity contribution in [1.29, 1.82) is 0 Å². The number of rotatable bonds is 11. The Labute approximate surface area is 396 Å². The summed E-state index contributed by atoms with van der Waals surface area (Å²) in [6, 6.07) is 0. The van der Waals surface area contributed by atoms with Crippen LogP contribution in [0.1, 0.15) is 92.4 Å². The van der Waals surface area contributed by atoms with Gasteiger partial charge >= 0.3 is 5.97 Å². The van der Waals surface area contributed by atoms with Crippen molar-refractivity contribution in [3.05, 3.63) is 12.2 Å². The third-order valence-corrected chi connectivity index (χ3v) is 19.7. The van der Waals surface area contributed by atoms with Gasteiger partial charge in [-0.2, -0.15) is 0 Å². The van der Waals surface area contributed by atoms with E-state index in [0.29, 0.717) is 63.4 Å². The fourth-order valence-electron chi connectivity index (χ4n) is 15.7. The van der Waals surface area contributed by atoms with Crippen molar-refractivity contribution in [3.63, 3.8) is 0 Å². The van der Waals surface area contributed by atoms with Gasteiger partial charge in [0, 0.05) is 0 Å². The molecule has 20 nitrogen and oxygen atoms in total. The molecular formula is C48H76O20. The molecule has 5 aliphatic carbocycles. The second kappa shape index (κ2) is 18.9. The molecule has 0 bridgehead atoms. The van der Waals surface area contributed by atoms with E-state index in [-0.39, 0.29) is 30.3 Å². The molecular weight excluding hydrogens is 897 g/mol. The van der Waals surface area contributed by atoms with E-state index in [1.54, 1.807) is 0 Å². The Morgan fingerprint density at radius 3 is 2.01 bits per heavy atom. The van der Waals surface area contributed by atoms with Crippen LogP contribution in [0.5, 0.6) is 0 Å². The maximum absolute atomic E-state index is 15.0. The smallest absolute Gasteiger partial charge is 0.314 e. The Hall–Kier alpha value is -1.80. The first-order valence-electron chi connectivity index (χ1n) is 24.5. The van der Waals surface area contributed by atoms with E-state index in [1.807, 2.05) is 6.92 Å². The molecule has 12 N–H and O–H groups in total. The molecule has 3 heterocycles. The highest BCUT2D eigenvalue weighted by Crippen LogP contribution is 2.77. The van der Waals surface area contributed by atoms with Crippen molar-refractivity contribution in [2.75, 3.05) is 19.8 Å². The maximum atomic E-state index is 15.0. The molecule has 68 heavy (non-hydrogen) atoms. The number of fused-ring (bicyclic) bond motifs is 7. The fourth-order valence-corrected chi connectivity index (χ4v) is 15.7. The highest BCUT2D eigenvalue weighted by molar-refractivity contribution is 5.78. The standard InChI is InChI=1S/C48H76O20/c1-20(16-49)22-7-12-48(14-13-46(5)23(29(22)48)15-24(52)39-44(3)10-9-28(53)45(4,19-51)27(44)8-11-47(39,46)6)43(62)68-42-36(60)33(57)31(55)26(66-42)18-63-40-37(61)34(58)38(25(17-50)65-40)67-41-35(59)32(56)30(54)21(2)64-41/h19,21-42,49-50,52-61H,1,7-18H2,2-6H3/t21-,22-,23+,24+,25+,26+,27+,28+,29+,30-,31+,32+,33-,34+,35+,36+,37+,38+,39+,40+,41-,42-,44-,45-,46+,47+,48-/m0/s1. The van der Waals surface area contributed by atoms with Gasteiger partial charge in [0.15, 0.2) is 12.6 Å². The van der Waals surface area contributed by atoms with Gasteiger partial charge in [-0.15, -0.1) is 0 Å². The zero-order valence-corrected chi connectivity index (χ0v) is 39.6. The molecule has 20 heteroatoms. The minimum absolute atomic E-state index is 0.147. The van der Waals surface area contributed by atoms with Crippen molar-refractivity contribution < 1.29 is 99.3 Å². The molecule has 8 rings (SSSR count). The summed E-state index contributed by atoms with van der Waals surface area (Å²) in [5, 5.41) is 131. The Morgan fingerprint density at radius 1 is 0.706 bits per heavy atom. The van der Waals surface area contributed by atoms with Crippen LogP contribution in [-0.4, -0.2) is 198 Å². The second-order valence-electron chi connectivity index (χ2n) is 22.7. The van der Waals surface area contributed by atoms with Crippen molar-refractivity contribution >= 4 is 12.3 Å². The van der Waals surface area contributed by atoms with Gasteiger partial charge in [-0.3, -0.25) is 4.79 Å². The lowest BCUT2D eigenvalue weighted by molar-refractivity contribution is -0.361. The van der Waals surface area contributed by atoms with E-state index in [0.717, 1.165) is 6.29 Å². The molecule has 8 fully saturated rings. The van der Waals surface area contributed by atoms with Crippen molar-refractivity contribution in [2.45, 2.75) is 197 Å². The average molecular weight is 973 g/mol. The van der Waals surface area contributed by atoms with E-state index in [4.69, 9.17) is 28.4 Å². The molecule has 3 saturated heterocycles. The van der Waals surface area contributed by atoms with E-state index in [9.17, 15) is 70.9 Å². The first-order valence-corrected chi connectivity index (χ1v) is 24.5. The van der Waals surface area contributed by atoms with Gasteiger partial charge in [0.25, 0.3) is 0 Å². The lowest BCUT2D eigenvalue weighted by atomic mass is 9.31. The zero-order valence-electron chi connectivity index (χ0n) is 39.6. The number of esters is 1. The molecule has 388 valence electrons. The minimum atomic E-state index is -1.92. The summed E-state index contributed by atoms with van der Waals surface area (Å²) < 4.78 is 34.5. The number of ether oxygens (including phenoxy) is 6. The van der Waals surface area contributed by atoms with Crippen LogP contribution in [0.2, 0.25) is 0 Å². The van der Waals surface area contributed by atoms with Gasteiger partial charge in [0.1, 0.15) is 73.4 Å². The summed E-state index contributed by atoms with van der Waals surface area (Å²) >= 11 is 0. The predicted octanol–water partition coefficient (Wildman–Crippen LogP) is -1.85. The summed E-state index contributed by atoms with van der Waals surface area (Å²) in [6.45, 7) is 12.3. The third kappa shape index (κ3) is 7.90. The van der Waals surface area contributed by atoms with Gasteiger partial charge < -0.3 is 94.5 Å². The Bertz CT molecular complexity index is 1860. The second-order valence-corrected chi connectivity index (χ2v) is 22.7. The molecule has 0 radical (unpaired) electrons. The number of aliphatic hydroxyl groups excluding tert-OH is 12. The van der Waals surface area contributed by atoms with Gasteiger partial charge in [0.05, 0.1) is 49.0 Å². The van der Waals surface area contributed by atoms with Crippen LogP contribution >= 0.6 is 0 Å². The molecule has 0 spiro atoms. The van der Waals surface area contributed by atoms with Crippen molar-refractivity contribution in [2.24, 2.45) is 56.7 Å². The highest BCUT2D eigenvalue weighted by Gasteiger charge is 2.74. The first kappa shape index (κ1) is 52.5. The maximum Gasteiger partial charge on any atom is 0.314 e. The lowest BCUT2D eigenvalue weighted by Crippen LogP contribution is -2.70. The van der Waals surface area contributed by atoms with Crippen LogP contribution in [0.15, 0.2) is 12.2 Å². The number of hydrogen-bond donors (Lipinski definition) is 12. The van der Waals surface area contributed by atoms with E-state index < -0.39 is 157 Å². The van der Waals surface area contributed by atoms with Crippen LogP contribution in [0.4, 0.5) is 0 Å². The molecule has 5 saturated carbocycles. The number of aldehydes is 1. The third-order valence-electron chi connectivity index (χ3n) is 19.7. The van der Waals surface area contributed by atoms with Crippen molar-refractivity contribution in [1.82, 2.24) is 0 Å². The topological polar surface area (TPSA) is 332 Å². The van der Waals surface area contributed by atoms with Crippen LogP contribution in [0, 0.1) is 56.7 Å². The monoisotopic (exact) mass is 972 g/mol. The van der Waals surface area contributed by atoms with Crippen LogP contribution in [0.25, 0.3) is 0 Å². The summed E-state index contributed by atoms with van der Waals surface area (Å²) in [4.78, 5) is 27.7. The number of carbonyl (C=O) groups excluding carboxylic acids is 2. The number of carbonyl (C=O) groups is 2. The molecule has 0 amide bonds. The van der Waals surface area contributed by atoms with Crippen molar-refractivity contribution in [3.8, 4) is 0 Å². The zero-order chi connectivity index (χ0) is 49.8. The predicted molar refractivity (Wildman–Crippen MR) is 232 cm³/mol. The summed E-state index contributed by atoms with van der Waals surface area (Å²) in [5.41, 5.74) is -2.97. The van der Waals surface area contributed by atoms with Gasteiger partial charge in [-0.25, -0.2) is 0 Å². The molecule has 0 aromatic rings. The highest BCUT2D eigenvalue weighted by atomic mass is 16.8. The Balaban J connectivity index is 0.988. The van der Waals surface area contributed by atoms with Gasteiger partial charge in [-0.1, -0.05) is 34.3 Å².